The maximum absolute atomic E-state index is 12.0. The van der Waals surface area contributed by atoms with Gasteiger partial charge in [-0.1, -0.05) is 13.8 Å². The Morgan fingerprint density at radius 3 is 2.81 bits per heavy atom. The zero-order valence-corrected chi connectivity index (χ0v) is 10.6. The Kier molecular flexibility index (Phi) is 4.74. The van der Waals surface area contributed by atoms with Crippen LogP contribution < -0.4 is 5.32 Å². The van der Waals surface area contributed by atoms with Crippen molar-refractivity contribution in [1.29, 1.82) is 0 Å². The number of rotatable bonds is 5. The molecule has 1 atom stereocenters. The summed E-state index contributed by atoms with van der Waals surface area (Å²) in [6.45, 7) is 5.97. The third kappa shape index (κ3) is 3.46. The van der Waals surface area contributed by atoms with Crippen molar-refractivity contribution in [3.05, 3.63) is 0 Å². The van der Waals surface area contributed by atoms with Crippen LogP contribution in [0.1, 0.15) is 33.1 Å². The molecule has 4 nitrogen and oxygen atoms in total. The Labute approximate surface area is 98.0 Å². The molecule has 1 saturated heterocycles. The van der Waals surface area contributed by atoms with E-state index in [0.717, 1.165) is 32.4 Å². The number of amides is 1. The molecule has 1 fully saturated rings. The monoisotopic (exact) mass is 228 g/mol. The lowest BCUT2D eigenvalue weighted by molar-refractivity contribution is -0.137. The predicted molar refractivity (Wildman–Crippen MR) is 64.1 cm³/mol. The van der Waals surface area contributed by atoms with Gasteiger partial charge < -0.3 is 15.3 Å². The average Bonchev–Trinajstić information content (AvgIpc) is 2.21. The second kappa shape index (κ2) is 5.64. The van der Waals surface area contributed by atoms with Crippen molar-refractivity contribution in [2.75, 3.05) is 26.7 Å². The number of nitrogens with zero attached hydrogens (tertiary/aromatic N) is 1. The van der Waals surface area contributed by atoms with Crippen LogP contribution in [-0.4, -0.2) is 48.7 Å². The smallest absolute Gasteiger partial charge is 0.239 e. The standard InChI is InChI=1S/C12H24N2O2/c1-12(2,6-8-15)9-14-7-4-5-10(13-3)11(14)16/h10,13,15H,4-9H2,1-3H3. The molecular formula is C12H24N2O2. The van der Waals surface area contributed by atoms with Gasteiger partial charge in [0, 0.05) is 19.7 Å². The topological polar surface area (TPSA) is 52.6 Å². The third-order valence-corrected chi connectivity index (χ3v) is 3.29. The van der Waals surface area contributed by atoms with E-state index >= 15 is 0 Å². The highest BCUT2D eigenvalue weighted by Gasteiger charge is 2.31. The van der Waals surface area contributed by atoms with Gasteiger partial charge in [-0.05, 0) is 31.7 Å². The summed E-state index contributed by atoms with van der Waals surface area (Å²) >= 11 is 0. The molecule has 0 aromatic rings. The molecule has 1 aliphatic heterocycles. The van der Waals surface area contributed by atoms with Gasteiger partial charge in [-0.15, -0.1) is 0 Å². The molecule has 0 aromatic carbocycles. The number of likely N-dealkylation sites (N-methyl/N-ethyl adjacent to an activating group) is 1. The van der Waals surface area contributed by atoms with Gasteiger partial charge in [0.05, 0.1) is 6.04 Å². The third-order valence-electron chi connectivity index (χ3n) is 3.29. The highest BCUT2D eigenvalue weighted by atomic mass is 16.3. The van der Waals surface area contributed by atoms with Crippen molar-refractivity contribution in [2.24, 2.45) is 5.41 Å². The summed E-state index contributed by atoms with van der Waals surface area (Å²) in [7, 11) is 1.84. The van der Waals surface area contributed by atoms with Crippen molar-refractivity contribution in [3.8, 4) is 0 Å². The van der Waals surface area contributed by atoms with Crippen molar-refractivity contribution in [1.82, 2.24) is 10.2 Å². The molecule has 0 aromatic heterocycles. The zero-order valence-electron chi connectivity index (χ0n) is 10.6. The van der Waals surface area contributed by atoms with Crippen molar-refractivity contribution >= 4 is 5.91 Å². The number of nitrogens with one attached hydrogen (secondary N) is 1. The van der Waals surface area contributed by atoms with Gasteiger partial charge in [0.15, 0.2) is 0 Å². The van der Waals surface area contributed by atoms with Gasteiger partial charge in [0.25, 0.3) is 0 Å². The van der Waals surface area contributed by atoms with Gasteiger partial charge in [0.1, 0.15) is 0 Å². The van der Waals surface area contributed by atoms with Crippen LogP contribution in [0.25, 0.3) is 0 Å². The second-order valence-electron chi connectivity index (χ2n) is 5.38. The highest BCUT2D eigenvalue weighted by molar-refractivity contribution is 5.82. The van der Waals surface area contributed by atoms with Crippen LogP contribution in [-0.2, 0) is 4.79 Å². The van der Waals surface area contributed by atoms with Gasteiger partial charge in [0.2, 0.25) is 5.91 Å². The largest absolute Gasteiger partial charge is 0.396 e. The molecule has 2 N–H and O–H groups in total. The predicted octanol–water partition coefficient (Wildman–Crippen LogP) is 0.605. The number of likely N-dealkylation sites (tertiary alicyclic amines) is 1. The minimum absolute atomic E-state index is 0.0000411. The molecule has 0 aliphatic carbocycles. The van der Waals surface area contributed by atoms with E-state index in [4.69, 9.17) is 5.11 Å². The van der Waals surface area contributed by atoms with Crippen LogP contribution >= 0.6 is 0 Å². The van der Waals surface area contributed by atoms with Crippen LogP contribution in [0.15, 0.2) is 0 Å². The summed E-state index contributed by atoms with van der Waals surface area (Å²) in [6, 6.07) is -0.0151. The maximum Gasteiger partial charge on any atom is 0.239 e. The van der Waals surface area contributed by atoms with E-state index in [-0.39, 0.29) is 24.0 Å². The van der Waals surface area contributed by atoms with Crippen molar-refractivity contribution < 1.29 is 9.90 Å². The summed E-state index contributed by atoms with van der Waals surface area (Å²) in [5.74, 6) is 0.208. The quantitative estimate of drug-likeness (QED) is 0.725. The molecule has 0 spiro atoms. The Morgan fingerprint density at radius 2 is 2.25 bits per heavy atom. The number of carbonyl (C=O) groups excluding carboxylic acids is 1. The normalized spacial score (nSPS) is 22.6. The average molecular weight is 228 g/mol. The number of carbonyl (C=O) groups is 1. The molecule has 0 bridgehead atoms. The maximum atomic E-state index is 12.0. The summed E-state index contributed by atoms with van der Waals surface area (Å²) < 4.78 is 0. The molecule has 0 radical (unpaired) electrons. The molecule has 1 heterocycles. The lowest BCUT2D eigenvalue weighted by Gasteiger charge is -2.37. The number of piperidine rings is 1. The number of aliphatic hydroxyl groups excluding tert-OH is 1. The van der Waals surface area contributed by atoms with E-state index < -0.39 is 0 Å². The molecule has 1 unspecified atom stereocenters. The molecule has 1 aliphatic rings. The van der Waals surface area contributed by atoms with Crippen molar-refractivity contribution in [3.63, 3.8) is 0 Å². The van der Waals surface area contributed by atoms with E-state index in [1.807, 2.05) is 11.9 Å². The lowest BCUT2D eigenvalue weighted by atomic mass is 9.88. The van der Waals surface area contributed by atoms with Crippen LogP contribution in [0.2, 0.25) is 0 Å². The van der Waals surface area contributed by atoms with Crippen LogP contribution in [0, 0.1) is 5.41 Å². The zero-order chi connectivity index (χ0) is 12.2. The summed E-state index contributed by atoms with van der Waals surface area (Å²) in [4.78, 5) is 14.0. The molecule has 16 heavy (non-hydrogen) atoms. The Balaban J connectivity index is 2.56. The fraction of sp³-hybridized carbons (Fsp3) is 0.917. The van der Waals surface area contributed by atoms with Crippen LogP contribution in [0.4, 0.5) is 0 Å². The molecule has 1 amide bonds. The minimum atomic E-state index is -0.0151. The van der Waals surface area contributed by atoms with E-state index in [0.29, 0.717) is 0 Å². The van der Waals surface area contributed by atoms with E-state index in [9.17, 15) is 4.79 Å². The lowest BCUT2D eigenvalue weighted by Crippen LogP contribution is -2.52. The Hall–Kier alpha value is -0.610. The van der Waals surface area contributed by atoms with Gasteiger partial charge in [-0.25, -0.2) is 0 Å². The van der Waals surface area contributed by atoms with Crippen LogP contribution in [0.3, 0.4) is 0 Å². The van der Waals surface area contributed by atoms with E-state index in [1.165, 1.54) is 0 Å². The molecule has 1 rings (SSSR count). The Bertz CT molecular complexity index is 241. The first-order valence-electron chi connectivity index (χ1n) is 6.07. The highest BCUT2D eigenvalue weighted by Crippen LogP contribution is 2.23. The van der Waals surface area contributed by atoms with Gasteiger partial charge in [-0.3, -0.25) is 4.79 Å². The Morgan fingerprint density at radius 1 is 1.56 bits per heavy atom. The summed E-state index contributed by atoms with van der Waals surface area (Å²) in [6.07, 6.45) is 2.74. The number of aliphatic hydroxyl groups is 1. The SMILES string of the molecule is CNC1CCCN(CC(C)(C)CCO)C1=O. The first kappa shape index (κ1) is 13.5. The summed E-state index contributed by atoms with van der Waals surface area (Å²) in [5, 5.41) is 12.0. The summed E-state index contributed by atoms with van der Waals surface area (Å²) in [5.41, 5.74) is 0.0000411. The first-order chi connectivity index (χ1) is 7.50. The molecular weight excluding hydrogens is 204 g/mol. The number of hydrogen-bond acceptors (Lipinski definition) is 3. The second-order valence-corrected chi connectivity index (χ2v) is 5.38. The van der Waals surface area contributed by atoms with Crippen molar-refractivity contribution in [2.45, 2.75) is 39.2 Å². The minimum Gasteiger partial charge on any atom is -0.396 e. The number of hydrogen-bond donors (Lipinski definition) is 2. The van der Waals surface area contributed by atoms with Crippen LogP contribution in [0.5, 0.6) is 0 Å². The van der Waals surface area contributed by atoms with Gasteiger partial charge in [-0.2, -0.15) is 0 Å². The fourth-order valence-electron chi connectivity index (χ4n) is 2.26. The fourth-order valence-corrected chi connectivity index (χ4v) is 2.26. The first-order valence-corrected chi connectivity index (χ1v) is 6.07. The van der Waals surface area contributed by atoms with E-state index in [2.05, 4.69) is 19.2 Å². The van der Waals surface area contributed by atoms with E-state index in [1.54, 1.807) is 0 Å². The van der Waals surface area contributed by atoms with Gasteiger partial charge >= 0.3 is 0 Å². The molecule has 0 saturated carbocycles. The molecule has 4 heteroatoms. The molecule has 94 valence electrons.